The molecule has 7 nitrogen and oxygen atoms in total. The van der Waals surface area contributed by atoms with Crippen molar-refractivity contribution in [3.05, 3.63) is 53.5 Å². The van der Waals surface area contributed by atoms with Gasteiger partial charge in [-0.1, -0.05) is 12.1 Å². The van der Waals surface area contributed by atoms with Crippen molar-refractivity contribution in [1.29, 1.82) is 0 Å². The lowest BCUT2D eigenvalue weighted by molar-refractivity contribution is -0.119. The number of rotatable bonds is 7. The third-order valence-corrected chi connectivity index (χ3v) is 3.50. The SMILES string of the molecule is CN=C(NCc1cccc(OCC(N)=O)c1)NC(C)c1ccc(C)o1.I. The van der Waals surface area contributed by atoms with Gasteiger partial charge >= 0.3 is 0 Å². The van der Waals surface area contributed by atoms with Crippen LogP contribution in [0.4, 0.5) is 0 Å². The normalized spacial score (nSPS) is 12.0. The molecule has 0 aliphatic carbocycles. The van der Waals surface area contributed by atoms with Gasteiger partial charge in [0.15, 0.2) is 12.6 Å². The molecular formula is C18H25IN4O3. The zero-order valence-electron chi connectivity index (χ0n) is 15.1. The van der Waals surface area contributed by atoms with Gasteiger partial charge in [0.1, 0.15) is 17.3 Å². The number of aryl methyl sites for hydroxylation is 1. The molecule has 0 aliphatic heterocycles. The van der Waals surface area contributed by atoms with Gasteiger partial charge in [-0.25, -0.2) is 0 Å². The first-order valence-corrected chi connectivity index (χ1v) is 8.01. The van der Waals surface area contributed by atoms with Crippen molar-refractivity contribution in [2.45, 2.75) is 26.4 Å². The lowest BCUT2D eigenvalue weighted by atomic mass is 10.2. The summed E-state index contributed by atoms with van der Waals surface area (Å²) in [6.07, 6.45) is 0. The summed E-state index contributed by atoms with van der Waals surface area (Å²) in [4.78, 5) is 15.0. The number of benzene rings is 1. The van der Waals surface area contributed by atoms with Gasteiger partial charge in [0.05, 0.1) is 6.04 Å². The number of guanidine groups is 1. The second kappa shape index (κ2) is 10.7. The van der Waals surface area contributed by atoms with E-state index in [1.807, 2.05) is 44.2 Å². The van der Waals surface area contributed by atoms with Gasteiger partial charge in [0.25, 0.3) is 5.91 Å². The predicted molar refractivity (Wildman–Crippen MR) is 112 cm³/mol. The quantitative estimate of drug-likeness (QED) is 0.327. The molecule has 0 aliphatic rings. The minimum absolute atomic E-state index is 0. The molecule has 0 spiro atoms. The molecule has 0 radical (unpaired) electrons. The Morgan fingerprint density at radius 2 is 2.12 bits per heavy atom. The van der Waals surface area contributed by atoms with Crippen LogP contribution in [0, 0.1) is 6.92 Å². The topological polar surface area (TPSA) is 102 Å². The highest BCUT2D eigenvalue weighted by Crippen LogP contribution is 2.16. The lowest BCUT2D eigenvalue weighted by Crippen LogP contribution is -2.38. The average molecular weight is 472 g/mol. The van der Waals surface area contributed by atoms with Gasteiger partial charge in [-0.2, -0.15) is 0 Å². The van der Waals surface area contributed by atoms with Crippen molar-refractivity contribution in [3.8, 4) is 5.75 Å². The summed E-state index contributed by atoms with van der Waals surface area (Å²) < 4.78 is 10.9. The van der Waals surface area contributed by atoms with Gasteiger partial charge in [-0.05, 0) is 43.7 Å². The molecule has 142 valence electrons. The van der Waals surface area contributed by atoms with Crippen LogP contribution in [0.15, 0.2) is 45.8 Å². The fourth-order valence-corrected chi connectivity index (χ4v) is 2.24. The van der Waals surface area contributed by atoms with Crippen LogP contribution in [0.1, 0.15) is 30.0 Å². The Hall–Kier alpha value is -2.23. The van der Waals surface area contributed by atoms with Crippen molar-refractivity contribution in [1.82, 2.24) is 10.6 Å². The molecule has 1 heterocycles. The Bertz CT molecular complexity index is 746. The number of hydrogen-bond acceptors (Lipinski definition) is 4. The van der Waals surface area contributed by atoms with E-state index in [-0.39, 0.29) is 36.6 Å². The van der Waals surface area contributed by atoms with Gasteiger partial charge in [-0.15, -0.1) is 24.0 Å². The first kappa shape index (κ1) is 21.8. The van der Waals surface area contributed by atoms with E-state index in [1.54, 1.807) is 13.1 Å². The number of aliphatic imine (C=N–C) groups is 1. The molecule has 0 saturated carbocycles. The Morgan fingerprint density at radius 3 is 2.73 bits per heavy atom. The predicted octanol–water partition coefficient (Wildman–Crippen LogP) is 2.50. The van der Waals surface area contributed by atoms with Crippen molar-refractivity contribution in [2.24, 2.45) is 10.7 Å². The van der Waals surface area contributed by atoms with E-state index in [2.05, 4.69) is 15.6 Å². The van der Waals surface area contributed by atoms with Crippen LogP contribution < -0.4 is 21.1 Å². The molecule has 26 heavy (non-hydrogen) atoms. The summed E-state index contributed by atoms with van der Waals surface area (Å²) in [6, 6.07) is 11.3. The van der Waals surface area contributed by atoms with E-state index >= 15 is 0 Å². The monoisotopic (exact) mass is 472 g/mol. The summed E-state index contributed by atoms with van der Waals surface area (Å²) in [5, 5.41) is 6.51. The molecule has 2 aromatic rings. The highest BCUT2D eigenvalue weighted by atomic mass is 127. The Morgan fingerprint density at radius 1 is 1.35 bits per heavy atom. The molecule has 1 aromatic carbocycles. The molecule has 8 heteroatoms. The summed E-state index contributed by atoms with van der Waals surface area (Å²) >= 11 is 0. The number of ether oxygens (including phenoxy) is 1. The van der Waals surface area contributed by atoms with Gasteiger partial charge in [-0.3, -0.25) is 9.79 Å². The van der Waals surface area contributed by atoms with Crippen LogP contribution in [-0.4, -0.2) is 25.5 Å². The van der Waals surface area contributed by atoms with Gasteiger partial charge in [0.2, 0.25) is 0 Å². The molecule has 0 fully saturated rings. The standard InChI is InChI=1S/C18H24N4O3.HI/c1-12-7-8-16(25-12)13(2)22-18(20-3)21-10-14-5-4-6-15(9-14)24-11-17(19)23;/h4-9,13H,10-11H2,1-3H3,(H2,19,23)(H2,20,21,22);1H. The zero-order chi connectivity index (χ0) is 18.2. The maximum Gasteiger partial charge on any atom is 0.255 e. The molecular weight excluding hydrogens is 447 g/mol. The van der Waals surface area contributed by atoms with Crippen molar-refractivity contribution in [2.75, 3.05) is 13.7 Å². The van der Waals surface area contributed by atoms with E-state index in [9.17, 15) is 4.79 Å². The maximum atomic E-state index is 10.8. The second-order valence-electron chi connectivity index (χ2n) is 5.64. The molecule has 0 saturated heterocycles. The number of primary amides is 1. The van der Waals surface area contributed by atoms with E-state index in [1.165, 1.54) is 0 Å². The number of halogens is 1. The van der Waals surface area contributed by atoms with E-state index in [0.29, 0.717) is 18.3 Å². The Kier molecular flexibility index (Phi) is 8.97. The average Bonchev–Trinajstić information content (AvgIpc) is 3.03. The summed E-state index contributed by atoms with van der Waals surface area (Å²) in [5.74, 6) is 2.47. The minimum Gasteiger partial charge on any atom is -0.484 e. The molecule has 1 atom stereocenters. The van der Waals surface area contributed by atoms with E-state index < -0.39 is 5.91 Å². The Labute approximate surface area is 170 Å². The third kappa shape index (κ3) is 6.95. The third-order valence-electron chi connectivity index (χ3n) is 3.50. The molecule has 1 unspecified atom stereocenters. The zero-order valence-corrected chi connectivity index (χ0v) is 17.4. The van der Waals surface area contributed by atoms with Crippen molar-refractivity contribution < 1.29 is 13.9 Å². The number of carbonyl (C=O) groups excluding carboxylic acids is 1. The Balaban J connectivity index is 0.00000338. The molecule has 1 amide bonds. The minimum atomic E-state index is -0.504. The number of hydrogen-bond donors (Lipinski definition) is 3. The largest absolute Gasteiger partial charge is 0.484 e. The van der Waals surface area contributed by atoms with E-state index in [4.69, 9.17) is 14.9 Å². The van der Waals surface area contributed by atoms with Gasteiger partial charge < -0.3 is 25.5 Å². The molecule has 0 bridgehead atoms. The fourth-order valence-electron chi connectivity index (χ4n) is 2.24. The van der Waals surface area contributed by atoms with Gasteiger partial charge in [0, 0.05) is 13.6 Å². The smallest absolute Gasteiger partial charge is 0.255 e. The second-order valence-corrected chi connectivity index (χ2v) is 5.64. The number of furan rings is 1. The number of nitrogens with two attached hydrogens (primary N) is 1. The molecule has 4 N–H and O–H groups in total. The van der Waals surface area contributed by atoms with Crippen LogP contribution >= 0.6 is 24.0 Å². The number of amides is 1. The first-order chi connectivity index (χ1) is 12.0. The maximum absolute atomic E-state index is 10.8. The van der Waals surface area contributed by atoms with Crippen LogP contribution in [0.25, 0.3) is 0 Å². The number of carbonyl (C=O) groups is 1. The van der Waals surface area contributed by atoms with Crippen LogP contribution in [0.2, 0.25) is 0 Å². The summed E-state index contributed by atoms with van der Waals surface area (Å²) in [5.41, 5.74) is 6.07. The molecule has 1 aromatic heterocycles. The fraction of sp³-hybridized carbons (Fsp3) is 0.333. The number of nitrogens with one attached hydrogen (secondary N) is 2. The van der Waals surface area contributed by atoms with Crippen molar-refractivity contribution in [3.63, 3.8) is 0 Å². The lowest BCUT2D eigenvalue weighted by Gasteiger charge is -2.16. The van der Waals surface area contributed by atoms with Crippen LogP contribution in [0.3, 0.4) is 0 Å². The van der Waals surface area contributed by atoms with Crippen LogP contribution in [-0.2, 0) is 11.3 Å². The molecule has 2 rings (SSSR count). The highest BCUT2D eigenvalue weighted by Gasteiger charge is 2.11. The number of nitrogens with zero attached hydrogens (tertiary/aromatic N) is 1. The summed E-state index contributed by atoms with van der Waals surface area (Å²) in [7, 11) is 1.71. The highest BCUT2D eigenvalue weighted by molar-refractivity contribution is 14.0. The van der Waals surface area contributed by atoms with E-state index in [0.717, 1.165) is 17.1 Å². The van der Waals surface area contributed by atoms with Crippen LogP contribution in [0.5, 0.6) is 5.75 Å². The first-order valence-electron chi connectivity index (χ1n) is 8.01. The van der Waals surface area contributed by atoms with Crippen molar-refractivity contribution >= 4 is 35.8 Å². The summed E-state index contributed by atoms with van der Waals surface area (Å²) in [6.45, 7) is 4.33.